The molecule has 2 aromatic heterocycles. The van der Waals surface area contributed by atoms with Crippen molar-refractivity contribution in [2.24, 2.45) is 0 Å². The summed E-state index contributed by atoms with van der Waals surface area (Å²) in [7, 11) is 0. The summed E-state index contributed by atoms with van der Waals surface area (Å²) >= 11 is 0. The first kappa shape index (κ1) is 12.6. The molecule has 0 aliphatic rings. The van der Waals surface area contributed by atoms with Gasteiger partial charge in [0.05, 0.1) is 18.2 Å². The van der Waals surface area contributed by atoms with Gasteiger partial charge in [-0.1, -0.05) is 0 Å². The predicted octanol–water partition coefficient (Wildman–Crippen LogP) is 1.95. The van der Waals surface area contributed by atoms with Crippen LogP contribution < -0.4 is 5.73 Å². The van der Waals surface area contributed by atoms with Crippen molar-refractivity contribution >= 4 is 5.82 Å². The molecule has 0 radical (unpaired) electrons. The molecule has 0 aliphatic heterocycles. The minimum absolute atomic E-state index is 0.532. The van der Waals surface area contributed by atoms with E-state index < -0.39 is 0 Å². The average molecular weight is 246 g/mol. The minimum Gasteiger partial charge on any atom is -0.383 e. The topological polar surface area (TPSA) is 66.0 Å². The molecule has 5 heteroatoms. The van der Waals surface area contributed by atoms with Crippen molar-refractivity contribution in [3.05, 3.63) is 30.9 Å². The number of aryl methyl sites for hydroxylation is 1. The van der Waals surface area contributed by atoms with Crippen LogP contribution in [0.1, 0.15) is 13.3 Å². The molecule has 2 rings (SSSR count). The predicted molar refractivity (Wildman–Crippen MR) is 71.0 cm³/mol. The molecule has 5 nitrogen and oxygen atoms in total. The lowest BCUT2D eigenvalue weighted by atomic mass is 10.2. The lowest BCUT2D eigenvalue weighted by molar-refractivity contribution is 0.142. The summed E-state index contributed by atoms with van der Waals surface area (Å²) in [5.41, 5.74) is 7.80. The number of hydrogen-bond acceptors (Lipinski definition) is 4. The van der Waals surface area contributed by atoms with E-state index in [4.69, 9.17) is 10.5 Å². The molecule has 0 aliphatic carbocycles. The second-order valence-electron chi connectivity index (χ2n) is 3.96. The number of hydrogen-bond donors (Lipinski definition) is 1. The molecule has 96 valence electrons. The highest BCUT2D eigenvalue weighted by atomic mass is 16.5. The van der Waals surface area contributed by atoms with E-state index in [0.29, 0.717) is 5.82 Å². The maximum Gasteiger partial charge on any atom is 0.132 e. The smallest absolute Gasteiger partial charge is 0.132 e. The van der Waals surface area contributed by atoms with E-state index in [9.17, 15) is 0 Å². The Morgan fingerprint density at radius 2 is 2.33 bits per heavy atom. The molecule has 2 N–H and O–H groups in total. The van der Waals surface area contributed by atoms with Crippen LogP contribution in [0.25, 0.3) is 11.3 Å². The molecule has 0 fully saturated rings. The van der Waals surface area contributed by atoms with E-state index >= 15 is 0 Å². The largest absolute Gasteiger partial charge is 0.383 e. The zero-order valence-corrected chi connectivity index (χ0v) is 10.5. The van der Waals surface area contributed by atoms with Crippen LogP contribution in [0.3, 0.4) is 0 Å². The highest BCUT2D eigenvalue weighted by molar-refractivity contribution is 5.70. The zero-order valence-electron chi connectivity index (χ0n) is 10.5. The number of nitrogens with zero attached hydrogens (tertiary/aromatic N) is 3. The summed E-state index contributed by atoms with van der Waals surface area (Å²) < 4.78 is 7.41. The van der Waals surface area contributed by atoms with Gasteiger partial charge in [0.25, 0.3) is 0 Å². The van der Waals surface area contributed by atoms with Crippen molar-refractivity contribution < 1.29 is 4.74 Å². The van der Waals surface area contributed by atoms with Crippen LogP contribution in [0.2, 0.25) is 0 Å². The Bertz CT molecular complexity index is 495. The molecule has 0 unspecified atom stereocenters. The van der Waals surface area contributed by atoms with Gasteiger partial charge in [-0.3, -0.25) is 0 Å². The van der Waals surface area contributed by atoms with Gasteiger partial charge in [-0.2, -0.15) is 0 Å². The normalized spacial score (nSPS) is 10.7. The molecular weight excluding hydrogens is 228 g/mol. The minimum atomic E-state index is 0.532. The van der Waals surface area contributed by atoms with Gasteiger partial charge >= 0.3 is 0 Å². The molecule has 0 aromatic carbocycles. The standard InChI is InChI=1S/C13H18N4O/c1-2-18-8-4-7-17-10-15-9-12(17)11-5-3-6-16-13(11)14/h3,5-6,9-10H,2,4,7-8H2,1H3,(H2,14,16). The first-order chi connectivity index (χ1) is 8.83. The van der Waals surface area contributed by atoms with E-state index in [-0.39, 0.29) is 0 Å². The van der Waals surface area contributed by atoms with Gasteiger partial charge in [-0.05, 0) is 25.5 Å². The van der Waals surface area contributed by atoms with Crippen molar-refractivity contribution in [3.63, 3.8) is 0 Å². The van der Waals surface area contributed by atoms with Crippen LogP contribution in [0.15, 0.2) is 30.9 Å². The second kappa shape index (κ2) is 6.16. The fourth-order valence-electron chi connectivity index (χ4n) is 1.84. The summed E-state index contributed by atoms with van der Waals surface area (Å²) in [6.07, 6.45) is 6.27. The van der Waals surface area contributed by atoms with Crippen molar-refractivity contribution in [2.75, 3.05) is 18.9 Å². The Morgan fingerprint density at radius 1 is 1.44 bits per heavy atom. The van der Waals surface area contributed by atoms with E-state index in [1.54, 1.807) is 6.20 Å². The quantitative estimate of drug-likeness (QED) is 0.791. The average Bonchev–Trinajstić information content (AvgIpc) is 2.83. The molecule has 0 saturated carbocycles. The molecule has 2 heterocycles. The monoisotopic (exact) mass is 246 g/mol. The third-order valence-electron chi connectivity index (χ3n) is 2.72. The lowest BCUT2D eigenvalue weighted by Crippen LogP contribution is -2.04. The van der Waals surface area contributed by atoms with Crippen LogP contribution in [0, 0.1) is 0 Å². The SMILES string of the molecule is CCOCCCn1cncc1-c1cccnc1N. The second-order valence-corrected chi connectivity index (χ2v) is 3.96. The van der Waals surface area contributed by atoms with Crippen molar-refractivity contribution in [1.82, 2.24) is 14.5 Å². The fourth-order valence-corrected chi connectivity index (χ4v) is 1.84. The zero-order chi connectivity index (χ0) is 12.8. The molecule has 0 amide bonds. The van der Waals surface area contributed by atoms with E-state index in [1.165, 1.54) is 0 Å². The van der Waals surface area contributed by atoms with Crippen molar-refractivity contribution in [2.45, 2.75) is 19.9 Å². The van der Waals surface area contributed by atoms with Crippen molar-refractivity contribution in [3.8, 4) is 11.3 Å². The molecule has 2 aromatic rings. The lowest BCUT2D eigenvalue weighted by Gasteiger charge is -2.09. The summed E-state index contributed by atoms with van der Waals surface area (Å²) in [6, 6.07) is 3.83. The van der Waals surface area contributed by atoms with Crippen molar-refractivity contribution in [1.29, 1.82) is 0 Å². The highest BCUT2D eigenvalue weighted by Crippen LogP contribution is 2.23. The summed E-state index contributed by atoms with van der Waals surface area (Å²) in [5.74, 6) is 0.532. The molecule has 0 atom stereocenters. The van der Waals surface area contributed by atoms with Gasteiger partial charge in [0.15, 0.2) is 0 Å². The molecule has 18 heavy (non-hydrogen) atoms. The summed E-state index contributed by atoms with van der Waals surface area (Å²) in [4.78, 5) is 8.28. The number of pyridine rings is 1. The van der Waals surface area contributed by atoms with Crippen LogP contribution in [0.4, 0.5) is 5.82 Å². The molecule has 0 spiro atoms. The number of rotatable bonds is 6. The Kier molecular flexibility index (Phi) is 4.30. The van der Waals surface area contributed by atoms with Gasteiger partial charge < -0.3 is 15.0 Å². The van der Waals surface area contributed by atoms with E-state index in [2.05, 4.69) is 14.5 Å². The van der Waals surface area contributed by atoms with Crippen LogP contribution in [-0.4, -0.2) is 27.7 Å². The molecule has 0 bridgehead atoms. The number of anilines is 1. The van der Waals surface area contributed by atoms with Crippen LogP contribution in [0.5, 0.6) is 0 Å². The molecule has 0 saturated heterocycles. The first-order valence-corrected chi connectivity index (χ1v) is 6.11. The third kappa shape index (κ3) is 2.87. The van der Waals surface area contributed by atoms with E-state index in [0.717, 1.165) is 37.4 Å². The van der Waals surface area contributed by atoms with Gasteiger partial charge in [0.2, 0.25) is 0 Å². The Morgan fingerprint density at radius 3 is 3.11 bits per heavy atom. The van der Waals surface area contributed by atoms with Crippen LogP contribution >= 0.6 is 0 Å². The number of ether oxygens (including phenoxy) is 1. The van der Waals surface area contributed by atoms with E-state index in [1.807, 2.05) is 31.6 Å². The summed E-state index contributed by atoms with van der Waals surface area (Å²) in [5, 5.41) is 0. The number of imidazole rings is 1. The van der Waals surface area contributed by atoms with Gasteiger partial charge in [-0.15, -0.1) is 0 Å². The highest BCUT2D eigenvalue weighted by Gasteiger charge is 2.08. The number of nitrogens with two attached hydrogens (primary N) is 1. The number of nitrogen functional groups attached to an aromatic ring is 1. The van der Waals surface area contributed by atoms with Gasteiger partial charge in [0.1, 0.15) is 5.82 Å². The maximum absolute atomic E-state index is 5.88. The number of aromatic nitrogens is 3. The van der Waals surface area contributed by atoms with Crippen LogP contribution in [-0.2, 0) is 11.3 Å². The van der Waals surface area contributed by atoms with Gasteiger partial charge in [0, 0.05) is 31.5 Å². The third-order valence-corrected chi connectivity index (χ3v) is 2.72. The first-order valence-electron chi connectivity index (χ1n) is 6.11. The van der Waals surface area contributed by atoms with Gasteiger partial charge in [-0.25, -0.2) is 9.97 Å². The Hall–Kier alpha value is -1.88. The fraction of sp³-hybridized carbons (Fsp3) is 0.385. The maximum atomic E-state index is 5.88. The summed E-state index contributed by atoms with van der Waals surface area (Å²) in [6.45, 7) is 4.38. The molecular formula is C13H18N4O. The Labute approximate surface area is 107 Å². The Balaban J connectivity index is 2.10.